The third-order valence-corrected chi connectivity index (χ3v) is 3.09. The second-order valence-electron chi connectivity index (χ2n) is 4.30. The van der Waals surface area contributed by atoms with Gasteiger partial charge in [0.2, 0.25) is 5.91 Å². The first kappa shape index (κ1) is 15.9. The number of carbonyl (C=O) groups is 1. The molecule has 1 heterocycles. The molecule has 1 N–H and O–H groups in total. The summed E-state index contributed by atoms with van der Waals surface area (Å²) in [5.74, 6) is 0.697. The maximum Gasteiger partial charge on any atom is 0.248 e. The lowest BCUT2D eigenvalue weighted by atomic mass is 10.2. The number of hydrogen-bond acceptors (Lipinski definition) is 4. The van der Waals surface area contributed by atoms with Crippen LogP contribution >= 0.6 is 11.6 Å². The molecule has 1 aromatic heterocycles. The molecule has 22 heavy (non-hydrogen) atoms. The highest BCUT2D eigenvalue weighted by molar-refractivity contribution is 6.32. The number of ether oxygens (including phenoxy) is 2. The number of benzene rings is 1. The highest BCUT2D eigenvalue weighted by atomic mass is 35.5. The summed E-state index contributed by atoms with van der Waals surface area (Å²) in [6, 6.07) is 6.93. The lowest BCUT2D eigenvalue weighted by Gasteiger charge is -2.10. The van der Waals surface area contributed by atoms with Crippen molar-refractivity contribution in [3.05, 3.63) is 53.3 Å². The quantitative estimate of drug-likeness (QED) is 0.858. The molecule has 5 nitrogen and oxygen atoms in total. The van der Waals surface area contributed by atoms with Crippen molar-refractivity contribution in [2.75, 3.05) is 19.5 Å². The highest BCUT2D eigenvalue weighted by Crippen LogP contribution is 2.36. The molecule has 6 heteroatoms. The molecular weight excluding hydrogens is 304 g/mol. The Morgan fingerprint density at radius 3 is 2.77 bits per heavy atom. The van der Waals surface area contributed by atoms with Gasteiger partial charge < -0.3 is 14.8 Å². The SMILES string of the molecule is COc1cc(C=CC(=O)Nc2cccnc2)cc(Cl)c1OC. The fraction of sp³-hybridized carbons (Fsp3) is 0.125. The van der Waals surface area contributed by atoms with Crippen molar-refractivity contribution < 1.29 is 14.3 Å². The molecule has 0 radical (unpaired) electrons. The molecule has 1 amide bonds. The van der Waals surface area contributed by atoms with Crippen LogP contribution in [-0.4, -0.2) is 25.1 Å². The zero-order valence-corrected chi connectivity index (χ0v) is 12.9. The predicted molar refractivity (Wildman–Crippen MR) is 86.5 cm³/mol. The Hall–Kier alpha value is -2.53. The van der Waals surface area contributed by atoms with E-state index >= 15 is 0 Å². The number of anilines is 1. The van der Waals surface area contributed by atoms with Gasteiger partial charge in [-0.15, -0.1) is 0 Å². The first-order chi connectivity index (χ1) is 10.6. The van der Waals surface area contributed by atoms with E-state index in [2.05, 4.69) is 10.3 Å². The Morgan fingerprint density at radius 1 is 1.32 bits per heavy atom. The zero-order chi connectivity index (χ0) is 15.9. The highest BCUT2D eigenvalue weighted by Gasteiger charge is 2.09. The summed E-state index contributed by atoms with van der Waals surface area (Å²) in [7, 11) is 3.04. The lowest BCUT2D eigenvalue weighted by molar-refractivity contribution is -0.111. The first-order valence-electron chi connectivity index (χ1n) is 6.44. The van der Waals surface area contributed by atoms with E-state index in [0.29, 0.717) is 22.2 Å². The van der Waals surface area contributed by atoms with Crippen LogP contribution in [0.5, 0.6) is 11.5 Å². The van der Waals surface area contributed by atoms with Gasteiger partial charge in [-0.25, -0.2) is 0 Å². The molecule has 0 saturated heterocycles. The third-order valence-electron chi connectivity index (χ3n) is 2.81. The summed E-state index contributed by atoms with van der Waals surface area (Å²) in [6.07, 6.45) is 6.25. The number of pyridine rings is 1. The van der Waals surface area contributed by atoms with E-state index in [-0.39, 0.29) is 5.91 Å². The smallest absolute Gasteiger partial charge is 0.248 e. The number of nitrogens with zero attached hydrogens (tertiary/aromatic N) is 1. The van der Waals surface area contributed by atoms with E-state index in [0.717, 1.165) is 5.56 Å². The van der Waals surface area contributed by atoms with Crippen LogP contribution in [0.25, 0.3) is 6.08 Å². The number of halogens is 1. The topological polar surface area (TPSA) is 60.5 Å². The van der Waals surface area contributed by atoms with E-state index in [1.807, 2.05) is 0 Å². The lowest BCUT2D eigenvalue weighted by Crippen LogP contribution is -2.07. The van der Waals surface area contributed by atoms with Crippen molar-refractivity contribution >= 4 is 29.3 Å². The number of amides is 1. The summed E-state index contributed by atoms with van der Waals surface area (Å²) >= 11 is 6.11. The van der Waals surface area contributed by atoms with Gasteiger partial charge in [0.05, 0.1) is 31.1 Å². The number of aromatic nitrogens is 1. The van der Waals surface area contributed by atoms with Crippen LogP contribution in [0.15, 0.2) is 42.7 Å². The van der Waals surface area contributed by atoms with E-state index in [1.54, 1.807) is 42.7 Å². The molecule has 0 bridgehead atoms. The Balaban J connectivity index is 2.13. The predicted octanol–water partition coefficient (Wildman–Crippen LogP) is 3.40. The van der Waals surface area contributed by atoms with Gasteiger partial charge in [-0.2, -0.15) is 0 Å². The van der Waals surface area contributed by atoms with Gasteiger partial charge in [-0.3, -0.25) is 9.78 Å². The molecular formula is C16H15ClN2O3. The Bertz CT molecular complexity index is 687. The standard InChI is InChI=1S/C16H15ClN2O3/c1-21-14-9-11(8-13(17)16(14)22-2)5-6-15(20)19-12-4-3-7-18-10-12/h3-10H,1-2H3,(H,19,20). The minimum absolute atomic E-state index is 0.265. The molecule has 0 aliphatic rings. The molecule has 0 aliphatic heterocycles. The maximum atomic E-state index is 11.8. The molecule has 0 unspecified atom stereocenters. The average Bonchev–Trinajstić information content (AvgIpc) is 2.53. The fourth-order valence-electron chi connectivity index (χ4n) is 1.83. The largest absolute Gasteiger partial charge is 0.493 e. The number of carbonyl (C=O) groups excluding carboxylic acids is 1. The van der Waals surface area contributed by atoms with E-state index < -0.39 is 0 Å². The van der Waals surface area contributed by atoms with Crippen LogP contribution in [0.4, 0.5) is 5.69 Å². The Morgan fingerprint density at radius 2 is 2.14 bits per heavy atom. The average molecular weight is 319 g/mol. The molecule has 1 aromatic carbocycles. The summed E-state index contributed by atoms with van der Waals surface area (Å²) in [5.41, 5.74) is 1.35. The Labute approximate surface area is 133 Å². The van der Waals surface area contributed by atoms with Gasteiger partial charge in [0.1, 0.15) is 0 Å². The molecule has 0 aliphatic carbocycles. The van der Waals surface area contributed by atoms with Crippen molar-refractivity contribution in [3.63, 3.8) is 0 Å². The van der Waals surface area contributed by atoms with Crippen LogP contribution in [0.1, 0.15) is 5.56 Å². The van der Waals surface area contributed by atoms with Crippen molar-refractivity contribution in [3.8, 4) is 11.5 Å². The zero-order valence-electron chi connectivity index (χ0n) is 12.2. The monoisotopic (exact) mass is 318 g/mol. The van der Waals surface area contributed by atoms with Crippen LogP contribution in [0.2, 0.25) is 5.02 Å². The number of methoxy groups -OCH3 is 2. The first-order valence-corrected chi connectivity index (χ1v) is 6.82. The molecule has 0 fully saturated rings. The minimum atomic E-state index is -0.265. The maximum absolute atomic E-state index is 11.8. The van der Waals surface area contributed by atoms with Crippen LogP contribution < -0.4 is 14.8 Å². The third kappa shape index (κ3) is 3.99. The molecule has 0 spiro atoms. The molecule has 2 rings (SSSR count). The summed E-state index contributed by atoms with van der Waals surface area (Å²) in [6.45, 7) is 0. The summed E-state index contributed by atoms with van der Waals surface area (Å²) in [5, 5.41) is 3.11. The van der Waals surface area contributed by atoms with Crippen LogP contribution in [0, 0.1) is 0 Å². The normalized spacial score (nSPS) is 10.5. The summed E-state index contributed by atoms with van der Waals surface area (Å²) in [4.78, 5) is 15.8. The van der Waals surface area contributed by atoms with Crippen molar-refractivity contribution in [1.29, 1.82) is 0 Å². The molecule has 114 valence electrons. The van der Waals surface area contributed by atoms with E-state index in [1.165, 1.54) is 20.3 Å². The minimum Gasteiger partial charge on any atom is -0.493 e. The van der Waals surface area contributed by atoms with Gasteiger partial charge in [-0.1, -0.05) is 11.6 Å². The Kier molecular flexibility index (Phi) is 5.38. The van der Waals surface area contributed by atoms with E-state index in [4.69, 9.17) is 21.1 Å². The fourth-order valence-corrected chi connectivity index (χ4v) is 2.12. The van der Waals surface area contributed by atoms with Crippen molar-refractivity contribution in [2.24, 2.45) is 0 Å². The number of hydrogen-bond donors (Lipinski definition) is 1. The van der Waals surface area contributed by atoms with Gasteiger partial charge >= 0.3 is 0 Å². The number of rotatable bonds is 5. The molecule has 2 aromatic rings. The molecule has 0 saturated carbocycles. The van der Waals surface area contributed by atoms with Gasteiger partial charge in [0.15, 0.2) is 11.5 Å². The van der Waals surface area contributed by atoms with Gasteiger partial charge in [-0.05, 0) is 35.9 Å². The number of nitrogens with one attached hydrogen (secondary N) is 1. The summed E-state index contributed by atoms with van der Waals surface area (Å²) < 4.78 is 10.4. The van der Waals surface area contributed by atoms with Crippen molar-refractivity contribution in [1.82, 2.24) is 4.98 Å². The molecule has 0 atom stereocenters. The van der Waals surface area contributed by atoms with Crippen molar-refractivity contribution in [2.45, 2.75) is 0 Å². The van der Waals surface area contributed by atoms with Crippen LogP contribution in [-0.2, 0) is 4.79 Å². The van der Waals surface area contributed by atoms with Gasteiger partial charge in [0, 0.05) is 12.3 Å². The second kappa shape index (κ2) is 7.47. The van der Waals surface area contributed by atoms with Crippen LogP contribution in [0.3, 0.4) is 0 Å². The van der Waals surface area contributed by atoms with Gasteiger partial charge in [0.25, 0.3) is 0 Å². The second-order valence-corrected chi connectivity index (χ2v) is 4.71. The van der Waals surface area contributed by atoms with E-state index in [9.17, 15) is 4.79 Å².